The highest BCUT2D eigenvalue weighted by Gasteiger charge is 2.63. The van der Waals surface area contributed by atoms with Crippen molar-refractivity contribution in [2.45, 2.75) is 52.5 Å². The summed E-state index contributed by atoms with van der Waals surface area (Å²) in [5.41, 5.74) is -1.73. The molecular formula is C21H28FNO5. The molecule has 0 unspecified atom stereocenters. The van der Waals surface area contributed by atoms with Crippen LogP contribution in [0.5, 0.6) is 0 Å². The van der Waals surface area contributed by atoms with Crippen molar-refractivity contribution >= 4 is 18.3 Å². The first-order valence-corrected chi connectivity index (χ1v) is 9.40. The summed E-state index contributed by atoms with van der Waals surface area (Å²) in [6.45, 7) is 7.95. The lowest BCUT2D eigenvalue weighted by Gasteiger charge is -2.58. The molecule has 1 aliphatic heterocycles. The molecule has 1 amide bonds. The smallest absolute Gasteiger partial charge is 0.316 e. The van der Waals surface area contributed by atoms with E-state index in [1.54, 1.807) is 40.7 Å². The van der Waals surface area contributed by atoms with E-state index < -0.39 is 45.2 Å². The van der Waals surface area contributed by atoms with Crippen LogP contribution in [-0.4, -0.2) is 46.6 Å². The van der Waals surface area contributed by atoms with Crippen LogP contribution in [0.15, 0.2) is 18.2 Å². The number of hydrogen-bond donors (Lipinski definition) is 1. The highest BCUT2D eigenvalue weighted by atomic mass is 19.1. The normalized spacial score (nSPS) is 30.6. The molecule has 0 saturated carbocycles. The van der Waals surface area contributed by atoms with Crippen molar-refractivity contribution in [3.8, 4) is 0 Å². The van der Waals surface area contributed by atoms with E-state index in [-0.39, 0.29) is 25.1 Å². The number of carboxylic acid groups (broad SMARTS) is 2. The first kappa shape index (κ1) is 22.0. The molecule has 1 N–H and O–H groups in total. The van der Waals surface area contributed by atoms with Crippen LogP contribution in [0.3, 0.4) is 0 Å². The number of carboxylic acids is 1. The van der Waals surface area contributed by atoms with E-state index in [9.17, 15) is 29.0 Å². The molecule has 0 aromatic heterocycles. The van der Waals surface area contributed by atoms with Crippen molar-refractivity contribution in [2.75, 3.05) is 13.1 Å². The number of halogens is 1. The van der Waals surface area contributed by atoms with Crippen LogP contribution in [0.4, 0.5) is 9.18 Å². The second-order valence-corrected chi connectivity index (χ2v) is 8.79. The Bertz CT molecular complexity index is 802. The van der Waals surface area contributed by atoms with Gasteiger partial charge in [-0.25, -0.2) is 4.39 Å². The van der Waals surface area contributed by atoms with Crippen LogP contribution in [0, 0.1) is 24.1 Å². The Morgan fingerprint density at radius 3 is 2.43 bits per heavy atom. The Balaban J connectivity index is 2.83. The average molecular weight is 393 g/mol. The van der Waals surface area contributed by atoms with Crippen LogP contribution in [0.25, 0.3) is 0 Å². The number of rotatable bonds is 4. The summed E-state index contributed by atoms with van der Waals surface area (Å²) in [5, 5.41) is 22.5. The van der Waals surface area contributed by atoms with Crippen molar-refractivity contribution in [1.29, 1.82) is 0 Å². The van der Waals surface area contributed by atoms with Gasteiger partial charge in [0.2, 0.25) is 0 Å². The molecule has 6 nitrogen and oxygen atoms in total. The minimum atomic E-state index is -1.56. The van der Waals surface area contributed by atoms with E-state index in [1.165, 1.54) is 12.1 Å². The van der Waals surface area contributed by atoms with Gasteiger partial charge in [-0.05, 0) is 51.3 Å². The lowest BCUT2D eigenvalue weighted by atomic mass is 9.60. The van der Waals surface area contributed by atoms with Gasteiger partial charge in [0.1, 0.15) is 24.1 Å². The molecule has 0 aliphatic carbocycles. The topological polar surface area (TPSA) is 94.5 Å². The number of amides is 1. The number of hydrogen-bond acceptors (Lipinski definition) is 4. The highest BCUT2D eigenvalue weighted by molar-refractivity contribution is 5.79. The second-order valence-electron chi connectivity index (χ2n) is 8.79. The summed E-state index contributed by atoms with van der Waals surface area (Å²) in [5.74, 6) is -3.43. The molecule has 1 heterocycles. The first-order chi connectivity index (χ1) is 12.9. The Labute approximate surface area is 164 Å². The van der Waals surface area contributed by atoms with Gasteiger partial charge in [0.15, 0.2) is 0 Å². The van der Waals surface area contributed by atoms with Gasteiger partial charge in [0, 0.05) is 5.92 Å². The van der Waals surface area contributed by atoms with E-state index in [0.717, 1.165) is 0 Å². The van der Waals surface area contributed by atoms with Crippen LogP contribution in [0.2, 0.25) is 0 Å². The Kier molecular flexibility index (Phi) is 5.72. The van der Waals surface area contributed by atoms with E-state index in [1.807, 2.05) is 0 Å². The number of carbonyl (C=O) groups is 3. The summed E-state index contributed by atoms with van der Waals surface area (Å²) in [7, 11) is 0. The van der Waals surface area contributed by atoms with E-state index in [4.69, 9.17) is 0 Å². The summed E-state index contributed by atoms with van der Waals surface area (Å²) >= 11 is 0. The molecular weight excluding hydrogens is 365 g/mol. The number of quaternary nitrogens is 1. The summed E-state index contributed by atoms with van der Waals surface area (Å²) < 4.78 is 13.6. The van der Waals surface area contributed by atoms with Gasteiger partial charge < -0.3 is 19.8 Å². The zero-order chi connectivity index (χ0) is 21.5. The molecule has 0 radical (unpaired) electrons. The van der Waals surface area contributed by atoms with Crippen LogP contribution >= 0.6 is 0 Å². The molecule has 7 heteroatoms. The molecule has 0 spiro atoms. The van der Waals surface area contributed by atoms with Crippen molar-refractivity contribution in [3.63, 3.8) is 0 Å². The minimum absolute atomic E-state index is 0.0939. The van der Waals surface area contributed by atoms with E-state index in [0.29, 0.717) is 11.8 Å². The lowest BCUT2D eigenvalue weighted by molar-refractivity contribution is -0.932. The summed E-state index contributed by atoms with van der Waals surface area (Å²) in [6, 6.07) is 4.40. The van der Waals surface area contributed by atoms with Gasteiger partial charge in [-0.15, -0.1) is 0 Å². The maximum Gasteiger partial charge on any atom is 0.316 e. The Hall–Kier alpha value is -2.28. The fourth-order valence-electron chi connectivity index (χ4n) is 4.74. The van der Waals surface area contributed by atoms with Gasteiger partial charge in [0.05, 0.1) is 18.0 Å². The van der Waals surface area contributed by atoms with E-state index >= 15 is 0 Å². The number of nitrogens with zero attached hydrogens (tertiary/aromatic N) is 1. The fraction of sp³-hybridized carbons (Fsp3) is 0.571. The Morgan fingerprint density at radius 1 is 1.39 bits per heavy atom. The number of aldehydes is 1. The third-order valence-electron chi connectivity index (χ3n) is 6.61. The summed E-state index contributed by atoms with van der Waals surface area (Å²) in [6.07, 6.45) is -0.701. The van der Waals surface area contributed by atoms with Gasteiger partial charge >= 0.3 is 5.97 Å². The molecule has 1 aliphatic rings. The number of piperidine rings is 1. The highest BCUT2D eigenvalue weighted by Crippen LogP contribution is 2.52. The largest absolute Gasteiger partial charge is 0.498 e. The van der Waals surface area contributed by atoms with Gasteiger partial charge in [0.25, 0.3) is 6.09 Å². The zero-order valence-corrected chi connectivity index (χ0v) is 17.0. The maximum atomic E-state index is 14.2. The predicted molar refractivity (Wildman–Crippen MR) is 98.9 cm³/mol. The number of carbonyl (C=O) groups excluding carboxylic acids is 2. The van der Waals surface area contributed by atoms with Crippen LogP contribution < -0.4 is 5.11 Å². The monoisotopic (exact) mass is 393 g/mol. The van der Waals surface area contributed by atoms with Crippen molar-refractivity contribution in [3.05, 3.63) is 35.1 Å². The molecule has 154 valence electrons. The molecule has 4 atom stereocenters. The molecule has 1 saturated heterocycles. The number of aliphatic carboxylic acids is 1. The fourth-order valence-corrected chi connectivity index (χ4v) is 4.74. The number of likely N-dealkylation sites (tertiary alicyclic amines) is 1. The maximum absolute atomic E-state index is 14.2. The van der Waals surface area contributed by atoms with Crippen LogP contribution in [-0.2, 0) is 9.59 Å². The SMILES string of the molecule is CC[C@]1(C(=O)O)C[N@@+](C(=O)[O-])(C(C)(C)C)C[C@H](C=O)[C@H]1c1cccc(F)c1C. The third kappa shape index (κ3) is 3.11. The standard InChI is InChI=1S/C21H28FNO5/c1-6-21(18(25)26)12-23(19(27)28,20(3,4)5)10-14(11-24)17(21)15-8-7-9-16(22)13(15)2/h7-9,11,14,17H,6,10,12H2,1-5H3,(H-,25,26,27,28)/t14-,17+,21+,23+/m1/s1. The molecule has 1 aromatic rings. The third-order valence-corrected chi connectivity index (χ3v) is 6.61. The number of benzene rings is 1. The van der Waals surface area contributed by atoms with E-state index in [2.05, 4.69) is 0 Å². The zero-order valence-electron chi connectivity index (χ0n) is 17.0. The molecule has 1 fully saturated rings. The average Bonchev–Trinajstić information content (AvgIpc) is 2.61. The minimum Gasteiger partial charge on any atom is -0.498 e. The quantitative estimate of drug-likeness (QED) is 0.626. The summed E-state index contributed by atoms with van der Waals surface area (Å²) in [4.78, 5) is 36.9. The van der Waals surface area contributed by atoms with Gasteiger partial charge in [-0.2, -0.15) is 0 Å². The molecule has 0 bridgehead atoms. The predicted octanol–water partition coefficient (Wildman–Crippen LogP) is 2.49. The van der Waals surface area contributed by atoms with Crippen molar-refractivity contribution < 1.29 is 33.5 Å². The molecule has 28 heavy (non-hydrogen) atoms. The lowest BCUT2D eigenvalue weighted by Crippen LogP contribution is -2.76. The van der Waals surface area contributed by atoms with Crippen molar-refractivity contribution in [2.24, 2.45) is 11.3 Å². The molecule has 2 rings (SSSR count). The van der Waals surface area contributed by atoms with Crippen LogP contribution in [0.1, 0.15) is 51.2 Å². The molecule has 1 aromatic carbocycles. The van der Waals surface area contributed by atoms with Crippen molar-refractivity contribution in [1.82, 2.24) is 0 Å². The first-order valence-electron chi connectivity index (χ1n) is 9.40. The Morgan fingerprint density at radius 2 is 2.00 bits per heavy atom. The van der Waals surface area contributed by atoms with Gasteiger partial charge in [-0.1, -0.05) is 19.1 Å². The van der Waals surface area contributed by atoms with Gasteiger partial charge in [-0.3, -0.25) is 9.28 Å². The second kappa shape index (κ2) is 7.28.